The van der Waals surface area contributed by atoms with Gasteiger partial charge in [-0.2, -0.15) is 19.7 Å². The van der Waals surface area contributed by atoms with Crippen molar-refractivity contribution in [3.05, 3.63) is 71.2 Å². The van der Waals surface area contributed by atoms with Crippen LogP contribution in [-0.4, -0.2) is 32.2 Å². The lowest BCUT2D eigenvalue weighted by Crippen LogP contribution is -2.28. The number of hydrogen-bond acceptors (Lipinski definition) is 5. The number of aromatic nitrogens is 4. The molecule has 1 fully saturated rings. The standard InChI is InChI=1S/C26H25FN6O/c1-26(2)21-22(28-14-15-11-12-15)30-25(31-23(21)29-24(26)34)33-20-10-6-4-8-17(20)19(32-33)13-16-7-3-5-9-18(16)27/h3-10,15H,11-14H2,1-2H3,(H2,28,29,30,31,34). The van der Waals surface area contributed by atoms with Crippen molar-refractivity contribution in [1.82, 2.24) is 19.7 Å². The van der Waals surface area contributed by atoms with Crippen molar-refractivity contribution in [2.45, 2.75) is 38.5 Å². The van der Waals surface area contributed by atoms with E-state index >= 15 is 0 Å². The second-order valence-electron chi connectivity index (χ2n) is 9.64. The first-order chi connectivity index (χ1) is 16.4. The molecule has 0 radical (unpaired) electrons. The van der Waals surface area contributed by atoms with Gasteiger partial charge in [0.1, 0.15) is 17.5 Å². The van der Waals surface area contributed by atoms with Crippen LogP contribution in [0, 0.1) is 11.7 Å². The van der Waals surface area contributed by atoms with Gasteiger partial charge in [0, 0.05) is 18.4 Å². The van der Waals surface area contributed by atoms with Crippen LogP contribution in [0.1, 0.15) is 43.5 Å². The minimum absolute atomic E-state index is 0.103. The molecule has 0 unspecified atom stereocenters. The topological polar surface area (TPSA) is 84.7 Å². The number of nitrogens with one attached hydrogen (secondary N) is 2. The van der Waals surface area contributed by atoms with Gasteiger partial charge in [0.2, 0.25) is 5.91 Å². The molecule has 1 aliphatic heterocycles. The molecule has 0 atom stereocenters. The molecule has 8 heteroatoms. The molecule has 1 amide bonds. The van der Waals surface area contributed by atoms with Gasteiger partial charge < -0.3 is 10.6 Å². The number of fused-ring (bicyclic) bond motifs is 2. The number of nitrogens with zero attached hydrogens (tertiary/aromatic N) is 4. The van der Waals surface area contributed by atoms with Crippen molar-refractivity contribution in [3.8, 4) is 5.95 Å². The third-order valence-corrected chi connectivity index (χ3v) is 6.75. The van der Waals surface area contributed by atoms with E-state index in [1.807, 2.05) is 44.2 Å². The summed E-state index contributed by atoms with van der Waals surface area (Å²) in [5.74, 6) is 1.81. The summed E-state index contributed by atoms with van der Waals surface area (Å²) < 4.78 is 16.1. The van der Waals surface area contributed by atoms with Gasteiger partial charge in [-0.15, -0.1) is 0 Å². The van der Waals surface area contributed by atoms with Gasteiger partial charge in [-0.3, -0.25) is 4.79 Å². The van der Waals surface area contributed by atoms with E-state index in [4.69, 9.17) is 15.1 Å². The number of hydrogen-bond donors (Lipinski definition) is 2. The van der Waals surface area contributed by atoms with E-state index in [-0.39, 0.29) is 11.7 Å². The molecule has 172 valence electrons. The fourth-order valence-electron chi connectivity index (χ4n) is 4.53. The van der Waals surface area contributed by atoms with Crippen LogP contribution >= 0.6 is 0 Å². The lowest BCUT2D eigenvalue weighted by molar-refractivity contribution is -0.119. The molecule has 7 nitrogen and oxygen atoms in total. The molecule has 2 aromatic carbocycles. The molecule has 6 rings (SSSR count). The smallest absolute Gasteiger partial charge is 0.255 e. The maximum absolute atomic E-state index is 14.4. The Morgan fingerprint density at radius 1 is 1.12 bits per heavy atom. The highest BCUT2D eigenvalue weighted by atomic mass is 19.1. The predicted octanol–water partition coefficient (Wildman–Crippen LogP) is 4.60. The molecule has 1 aliphatic carbocycles. The summed E-state index contributed by atoms with van der Waals surface area (Å²) in [6.45, 7) is 4.58. The Hall–Kier alpha value is -3.81. The van der Waals surface area contributed by atoms with Gasteiger partial charge >= 0.3 is 0 Å². The quantitative estimate of drug-likeness (QED) is 0.443. The highest BCUT2D eigenvalue weighted by Crippen LogP contribution is 2.41. The Balaban J connectivity index is 1.48. The normalized spacial score (nSPS) is 16.5. The van der Waals surface area contributed by atoms with Crippen molar-refractivity contribution in [3.63, 3.8) is 0 Å². The zero-order valence-corrected chi connectivity index (χ0v) is 19.1. The van der Waals surface area contributed by atoms with Crippen LogP contribution in [0.4, 0.5) is 16.0 Å². The van der Waals surface area contributed by atoms with Crippen LogP contribution in [0.5, 0.6) is 0 Å². The minimum Gasteiger partial charge on any atom is -0.369 e. The van der Waals surface area contributed by atoms with E-state index in [2.05, 4.69) is 10.6 Å². The summed E-state index contributed by atoms with van der Waals surface area (Å²) in [5.41, 5.74) is 2.19. The van der Waals surface area contributed by atoms with Crippen molar-refractivity contribution in [2.75, 3.05) is 17.2 Å². The Bertz CT molecular complexity index is 1440. The molecule has 2 aromatic heterocycles. The second-order valence-corrected chi connectivity index (χ2v) is 9.64. The van der Waals surface area contributed by atoms with Crippen molar-refractivity contribution < 1.29 is 9.18 Å². The number of halogens is 1. The molecular weight excluding hydrogens is 431 g/mol. The molecule has 0 bridgehead atoms. The van der Waals surface area contributed by atoms with E-state index in [1.54, 1.807) is 16.8 Å². The molecule has 4 aromatic rings. The lowest BCUT2D eigenvalue weighted by Gasteiger charge is -2.19. The van der Waals surface area contributed by atoms with Crippen LogP contribution in [0.3, 0.4) is 0 Å². The van der Waals surface area contributed by atoms with Gasteiger partial charge in [-0.1, -0.05) is 36.4 Å². The molecule has 0 spiro atoms. The van der Waals surface area contributed by atoms with E-state index in [1.165, 1.54) is 18.9 Å². The number of amides is 1. The number of para-hydroxylation sites is 1. The van der Waals surface area contributed by atoms with E-state index in [9.17, 15) is 9.18 Å². The third-order valence-electron chi connectivity index (χ3n) is 6.75. The molecule has 1 saturated carbocycles. The second kappa shape index (κ2) is 7.62. The van der Waals surface area contributed by atoms with E-state index in [0.29, 0.717) is 35.5 Å². The van der Waals surface area contributed by atoms with Crippen molar-refractivity contribution in [1.29, 1.82) is 0 Å². The first-order valence-corrected chi connectivity index (χ1v) is 11.6. The summed E-state index contributed by atoms with van der Waals surface area (Å²) in [4.78, 5) is 22.2. The maximum Gasteiger partial charge on any atom is 0.255 e. The van der Waals surface area contributed by atoms with E-state index in [0.717, 1.165) is 28.7 Å². The fraction of sp³-hybridized carbons (Fsp3) is 0.308. The highest BCUT2D eigenvalue weighted by molar-refractivity contribution is 6.06. The zero-order chi connectivity index (χ0) is 23.4. The predicted molar refractivity (Wildman–Crippen MR) is 129 cm³/mol. The molecule has 3 heterocycles. The van der Waals surface area contributed by atoms with Crippen molar-refractivity contribution in [2.24, 2.45) is 5.92 Å². The van der Waals surface area contributed by atoms with Crippen LogP contribution in [0.15, 0.2) is 48.5 Å². The average molecular weight is 457 g/mol. The number of carbonyl (C=O) groups is 1. The first-order valence-electron chi connectivity index (χ1n) is 11.6. The number of rotatable bonds is 6. The van der Waals surface area contributed by atoms with Crippen LogP contribution in [0.25, 0.3) is 16.9 Å². The lowest BCUT2D eigenvalue weighted by atomic mass is 9.87. The monoisotopic (exact) mass is 456 g/mol. The summed E-state index contributed by atoms with van der Waals surface area (Å²) >= 11 is 0. The maximum atomic E-state index is 14.4. The highest BCUT2D eigenvalue weighted by Gasteiger charge is 2.43. The zero-order valence-electron chi connectivity index (χ0n) is 19.1. The van der Waals surface area contributed by atoms with Gasteiger partial charge in [-0.25, -0.2) is 4.39 Å². The number of benzene rings is 2. The SMILES string of the molecule is CC1(C)C(=O)Nc2nc(-n3nc(Cc4ccccc4F)c4ccccc43)nc(NCC3CC3)c21. The summed E-state index contributed by atoms with van der Waals surface area (Å²) in [5, 5.41) is 12.1. The molecule has 2 aliphatic rings. The van der Waals surface area contributed by atoms with Gasteiger partial charge in [0.15, 0.2) is 0 Å². The van der Waals surface area contributed by atoms with Gasteiger partial charge in [0.05, 0.1) is 22.2 Å². The average Bonchev–Trinajstić information content (AvgIpc) is 3.54. The Labute approximate surface area is 196 Å². The first kappa shape index (κ1) is 20.8. The van der Waals surface area contributed by atoms with Crippen LogP contribution in [-0.2, 0) is 16.6 Å². The number of carbonyl (C=O) groups excluding carboxylic acids is 1. The molecular formula is C26H25FN6O. The van der Waals surface area contributed by atoms with Crippen LogP contribution < -0.4 is 10.6 Å². The summed E-state index contributed by atoms with van der Waals surface area (Å²) in [7, 11) is 0. The van der Waals surface area contributed by atoms with Gasteiger partial charge in [0.25, 0.3) is 5.95 Å². The van der Waals surface area contributed by atoms with Gasteiger partial charge in [-0.05, 0) is 50.3 Å². The number of anilines is 2. The fourth-order valence-corrected chi connectivity index (χ4v) is 4.53. The Morgan fingerprint density at radius 2 is 1.88 bits per heavy atom. The van der Waals surface area contributed by atoms with Crippen molar-refractivity contribution >= 4 is 28.4 Å². The molecule has 34 heavy (non-hydrogen) atoms. The van der Waals surface area contributed by atoms with Crippen LogP contribution in [0.2, 0.25) is 0 Å². The Kier molecular flexibility index (Phi) is 4.65. The third kappa shape index (κ3) is 3.41. The van der Waals surface area contributed by atoms with E-state index < -0.39 is 5.41 Å². The summed E-state index contributed by atoms with van der Waals surface area (Å²) in [6.07, 6.45) is 2.76. The minimum atomic E-state index is -0.734. The molecule has 0 saturated heterocycles. The largest absolute Gasteiger partial charge is 0.369 e. The Morgan fingerprint density at radius 3 is 2.68 bits per heavy atom. The summed E-state index contributed by atoms with van der Waals surface area (Å²) in [6, 6.07) is 14.5. The molecule has 2 N–H and O–H groups in total.